The lowest BCUT2D eigenvalue weighted by molar-refractivity contribution is -0.385. The third-order valence-corrected chi connectivity index (χ3v) is 3.57. The van der Waals surface area contributed by atoms with Crippen molar-refractivity contribution in [3.05, 3.63) is 45.5 Å². The largest absolute Gasteiger partial charge is 0.502 e. The van der Waals surface area contributed by atoms with Crippen LogP contribution in [0.25, 0.3) is 0 Å². The normalized spacial score (nSPS) is 14.4. The van der Waals surface area contributed by atoms with Gasteiger partial charge in [0.05, 0.1) is 10.5 Å². The number of hydrogen-bond acceptors (Lipinski definition) is 4. The molecule has 2 rings (SSSR count). The van der Waals surface area contributed by atoms with Gasteiger partial charge in [0.2, 0.25) is 5.75 Å². The fourth-order valence-electron chi connectivity index (χ4n) is 2.43. The minimum absolute atomic E-state index is 0.0678. The van der Waals surface area contributed by atoms with Gasteiger partial charge in [0.25, 0.3) is 5.91 Å². The molecule has 1 aromatic carbocycles. The third kappa shape index (κ3) is 3.81. The van der Waals surface area contributed by atoms with Crippen molar-refractivity contribution in [3.63, 3.8) is 0 Å². The zero-order valence-electron chi connectivity index (χ0n) is 11.7. The van der Waals surface area contributed by atoms with E-state index >= 15 is 0 Å². The Morgan fingerprint density at radius 2 is 2.19 bits per heavy atom. The van der Waals surface area contributed by atoms with Gasteiger partial charge in [-0.15, -0.1) is 0 Å². The molecule has 1 aliphatic carbocycles. The lowest BCUT2D eigenvalue weighted by Gasteiger charge is -2.13. The Kier molecular flexibility index (Phi) is 4.92. The van der Waals surface area contributed by atoms with Crippen molar-refractivity contribution in [2.24, 2.45) is 0 Å². The Bertz CT molecular complexity index is 581. The molecule has 0 aliphatic heterocycles. The van der Waals surface area contributed by atoms with Crippen LogP contribution in [0.1, 0.15) is 42.5 Å². The fourth-order valence-corrected chi connectivity index (χ4v) is 2.43. The van der Waals surface area contributed by atoms with Crippen LogP contribution in [-0.4, -0.2) is 22.5 Å². The van der Waals surface area contributed by atoms with Crippen molar-refractivity contribution >= 4 is 11.6 Å². The summed E-state index contributed by atoms with van der Waals surface area (Å²) in [5.74, 6) is -1.08. The second-order valence-electron chi connectivity index (χ2n) is 5.04. The van der Waals surface area contributed by atoms with Crippen LogP contribution in [0.2, 0.25) is 0 Å². The zero-order chi connectivity index (χ0) is 15.2. The third-order valence-electron chi connectivity index (χ3n) is 3.57. The van der Waals surface area contributed by atoms with E-state index in [9.17, 15) is 20.0 Å². The molecular formula is C15H18N2O4. The molecule has 1 aromatic rings. The van der Waals surface area contributed by atoms with Gasteiger partial charge >= 0.3 is 5.69 Å². The number of aromatic hydroxyl groups is 1. The van der Waals surface area contributed by atoms with Crippen LogP contribution in [0, 0.1) is 10.1 Å². The number of para-hydroxylation sites is 1. The number of nitrogens with one attached hydrogen (secondary N) is 1. The molecule has 6 nitrogen and oxygen atoms in total. The summed E-state index contributed by atoms with van der Waals surface area (Å²) < 4.78 is 0. The molecule has 0 radical (unpaired) electrons. The number of nitro groups is 1. The number of amides is 1. The summed E-state index contributed by atoms with van der Waals surface area (Å²) in [6, 6.07) is 3.92. The van der Waals surface area contributed by atoms with E-state index in [1.54, 1.807) is 0 Å². The zero-order valence-corrected chi connectivity index (χ0v) is 11.7. The SMILES string of the molecule is O=C(NCCC1=CCCCC1)c1cccc([N+](=O)[O-])c1O. The number of phenolic OH excluding ortho intramolecular Hbond substituents is 1. The average Bonchev–Trinajstić information content (AvgIpc) is 2.48. The molecule has 6 heteroatoms. The predicted octanol–water partition coefficient (Wildman–Crippen LogP) is 2.92. The Labute approximate surface area is 122 Å². The van der Waals surface area contributed by atoms with Crippen molar-refractivity contribution < 1.29 is 14.8 Å². The first-order valence-corrected chi connectivity index (χ1v) is 7.02. The fraction of sp³-hybridized carbons (Fsp3) is 0.400. The maximum atomic E-state index is 12.0. The van der Waals surface area contributed by atoms with Gasteiger partial charge in [-0.3, -0.25) is 14.9 Å². The number of hydrogen-bond donors (Lipinski definition) is 2. The molecular weight excluding hydrogens is 272 g/mol. The summed E-state index contributed by atoms with van der Waals surface area (Å²) in [6.07, 6.45) is 7.55. The van der Waals surface area contributed by atoms with Crippen molar-refractivity contribution in [3.8, 4) is 5.75 Å². The quantitative estimate of drug-likeness (QED) is 0.495. The number of phenols is 1. The van der Waals surface area contributed by atoms with Crippen LogP contribution in [0.15, 0.2) is 29.8 Å². The molecule has 1 amide bonds. The van der Waals surface area contributed by atoms with E-state index in [4.69, 9.17) is 0 Å². The van der Waals surface area contributed by atoms with Gasteiger partial charge in [0, 0.05) is 12.6 Å². The maximum Gasteiger partial charge on any atom is 0.311 e. The van der Waals surface area contributed by atoms with Gasteiger partial charge in [0.15, 0.2) is 0 Å². The summed E-state index contributed by atoms with van der Waals surface area (Å²) >= 11 is 0. The number of benzene rings is 1. The van der Waals surface area contributed by atoms with E-state index in [0.717, 1.165) is 19.3 Å². The number of nitro benzene ring substituents is 1. The molecule has 0 saturated carbocycles. The second kappa shape index (κ2) is 6.88. The summed E-state index contributed by atoms with van der Waals surface area (Å²) in [7, 11) is 0. The molecule has 0 spiro atoms. The van der Waals surface area contributed by atoms with Gasteiger partial charge in [-0.1, -0.05) is 17.7 Å². The van der Waals surface area contributed by atoms with Gasteiger partial charge in [-0.2, -0.15) is 0 Å². The molecule has 0 unspecified atom stereocenters. The molecule has 1 aliphatic rings. The number of nitrogens with zero attached hydrogens (tertiary/aromatic N) is 1. The standard InChI is InChI=1S/C15H18N2O4/c18-14-12(7-4-8-13(14)17(20)21)15(19)16-10-9-11-5-2-1-3-6-11/h4-5,7-8,18H,1-3,6,9-10H2,(H,16,19). The average molecular weight is 290 g/mol. The smallest absolute Gasteiger partial charge is 0.311 e. The lowest BCUT2D eigenvalue weighted by Crippen LogP contribution is -2.25. The van der Waals surface area contributed by atoms with Crippen molar-refractivity contribution in [2.75, 3.05) is 6.54 Å². The summed E-state index contributed by atoms with van der Waals surface area (Å²) in [5.41, 5.74) is 0.810. The van der Waals surface area contributed by atoms with E-state index in [2.05, 4.69) is 11.4 Å². The number of allylic oxidation sites excluding steroid dienone is 1. The highest BCUT2D eigenvalue weighted by atomic mass is 16.6. The van der Waals surface area contributed by atoms with E-state index in [1.165, 1.54) is 36.6 Å². The van der Waals surface area contributed by atoms with Gasteiger partial charge < -0.3 is 10.4 Å². The first-order chi connectivity index (χ1) is 10.1. The molecule has 0 aromatic heterocycles. The van der Waals surface area contributed by atoms with Crippen molar-refractivity contribution in [2.45, 2.75) is 32.1 Å². The second-order valence-corrected chi connectivity index (χ2v) is 5.04. The molecule has 0 fully saturated rings. The highest BCUT2D eigenvalue weighted by molar-refractivity contribution is 5.98. The first-order valence-electron chi connectivity index (χ1n) is 7.02. The van der Waals surface area contributed by atoms with E-state index in [0.29, 0.717) is 6.54 Å². The highest BCUT2D eigenvalue weighted by Crippen LogP contribution is 2.29. The van der Waals surface area contributed by atoms with E-state index < -0.39 is 22.3 Å². The van der Waals surface area contributed by atoms with Gasteiger partial charge in [-0.25, -0.2) is 0 Å². The molecule has 0 bridgehead atoms. The van der Waals surface area contributed by atoms with E-state index in [-0.39, 0.29) is 5.56 Å². The molecule has 2 N–H and O–H groups in total. The van der Waals surface area contributed by atoms with Crippen LogP contribution >= 0.6 is 0 Å². The molecule has 0 saturated heterocycles. The molecule has 112 valence electrons. The van der Waals surface area contributed by atoms with Gasteiger partial charge in [-0.05, 0) is 38.2 Å². The summed E-state index contributed by atoms with van der Waals surface area (Å²) in [4.78, 5) is 22.0. The Balaban J connectivity index is 1.96. The predicted molar refractivity (Wildman–Crippen MR) is 78.3 cm³/mol. The molecule has 0 heterocycles. The summed E-state index contributed by atoms with van der Waals surface area (Å²) in [5, 5.41) is 23.2. The Morgan fingerprint density at radius 1 is 1.38 bits per heavy atom. The van der Waals surface area contributed by atoms with Crippen molar-refractivity contribution in [1.29, 1.82) is 0 Å². The maximum absolute atomic E-state index is 12.0. The van der Waals surface area contributed by atoms with Crippen molar-refractivity contribution in [1.82, 2.24) is 5.32 Å². The highest BCUT2D eigenvalue weighted by Gasteiger charge is 2.20. The summed E-state index contributed by atoms with van der Waals surface area (Å²) in [6.45, 7) is 0.465. The van der Waals surface area contributed by atoms with Crippen LogP contribution < -0.4 is 5.32 Å². The molecule has 0 atom stereocenters. The lowest BCUT2D eigenvalue weighted by atomic mass is 9.97. The van der Waals surface area contributed by atoms with Crippen LogP contribution in [-0.2, 0) is 0 Å². The minimum Gasteiger partial charge on any atom is -0.502 e. The van der Waals surface area contributed by atoms with Crippen LogP contribution in [0.5, 0.6) is 5.75 Å². The van der Waals surface area contributed by atoms with Gasteiger partial charge in [0.1, 0.15) is 0 Å². The van der Waals surface area contributed by atoms with E-state index in [1.807, 2.05) is 0 Å². The number of carbonyl (C=O) groups excluding carboxylic acids is 1. The number of rotatable bonds is 5. The minimum atomic E-state index is -0.709. The number of carbonyl (C=O) groups is 1. The first kappa shape index (κ1) is 15.0. The Hall–Kier alpha value is -2.37. The monoisotopic (exact) mass is 290 g/mol. The molecule has 21 heavy (non-hydrogen) atoms. The van der Waals surface area contributed by atoms with Crippen LogP contribution in [0.3, 0.4) is 0 Å². The topological polar surface area (TPSA) is 92.5 Å². The Morgan fingerprint density at radius 3 is 2.86 bits per heavy atom. The van der Waals surface area contributed by atoms with Crippen LogP contribution in [0.4, 0.5) is 5.69 Å².